The van der Waals surface area contributed by atoms with Crippen LogP contribution < -0.4 is 10.2 Å². The van der Waals surface area contributed by atoms with Crippen LogP contribution in [0.15, 0.2) is 48.5 Å². The van der Waals surface area contributed by atoms with Crippen molar-refractivity contribution in [3.05, 3.63) is 65.5 Å². The molecule has 0 bridgehead atoms. The van der Waals surface area contributed by atoms with E-state index in [0.717, 1.165) is 6.42 Å². The number of para-hydroxylation sites is 1. The summed E-state index contributed by atoms with van der Waals surface area (Å²) in [4.78, 5) is 42.8. The summed E-state index contributed by atoms with van der Waals surface area (Å²) in [5.41, 5.74) is -0.205. The van der Waals surface area contributed by atoms with Crippen molar-refractivity contribution < 1.29 is 18.8 Å². The molecule has 6 nitrogen and oxygen atoms in total. The molecule has 0 radical (unpaired) electrons. The highest BCUT2D eigenvalue weighted by molar-refractivity contribution is 6.16. The van der Waals surface area contributed by atoms with Crippen LogP contribution >= 0.6 is 0 Å². The second kappa shape index (κ2) is 7.89. The average molecular weight is 409 g/mol. The van der Waals surface area contributed by atoms with Crippen molar-refractivity contribution in [2.75, 3.05) is 11.4 Å². The van der Waals surface area contributed by atoms with Crippen LogP contribution in [0.1, 0.15) is 48.5 Å². The number of carbonyl (C=O) groups is 3. The first kappa shape index (κ1) is 20.1. The Morgan fingerprint density at radius 3 is 2.63 bits per heavy atom. The molecule has 0 aliphatic carbocycles. The minimum atomic E-state index is -1.43. The smallest absolute Gasteiger partial charge is 0.267 e. The van der Waals surface area contributed by atoms with Crippen molar-refractivity contribution >= 4 is 23.4 Å². The zero-order chi connectivity index (χ0) is 21.3. The Bertz CT molecular complexity index is 1010. The lowest BCUT2D eigenvalue weighted by molar-refractivity contribution is -0.133. The largest absolute Gasteiger partial charge is 0.348 e. The maximum Gasteiger partial charge on any atom is 0.267 e. The third kappa shape index (κ3) is 3.05. The number of anilines is 1. The van der Waals surface area contributed by atoms with Gasteiger partial charge in [0, 0.05) is 31.5 Å². The second-order valence-corrected chi connectivity index (χ2v) is 7.65. The zero-order valence-electron chi connectivity index (χ0n) is 16.9. The van der Waals surface area contributed by atoms with Gasteiger partial charge in [-0.05, 0) is 24.6 Å². The fourth-order valence-electron chi connectivity index (χ4n) is 4.36. The number of nitrogens with zero attached hydrogens (tertiary/aromatic N) is 2. The van der Waals surface area contributed by atoms with Gasteiger partial charge in [-0.15, -0.1) is 0 Å². The van der Waals surface area contributed by atoms with Crippen LogP contribution in [0.5, 0.6) is 0 Å². The Kier molecular flexibility index (Phi) is 5.28. The van der Waals surface area contributed by atoms with E-state index in [0.29, 0.717) is 29.8 Å². The molecule has 2 aromatic carbocycles. The Morgan fingerprint density at radius 1 is 1.13 bits per heavy atom. The van der Waals surface area contributed by atoms with E-state index >= 15 is 0 Å². The van der Waals surface area contributed by atoms with Crippen LogP contribution in [0.3, 0.4) is 0 Å². The third-order valence-electron chi connectivity index (χ3n) is 5.87. The lowest BCUT2D eigenvalue weighted by atomic mass is 9.95. The van der Waals surface area contributed by atoms with E-state index in [2.05, 4.69) is 5.32 Å². The van der Waals surface area contributed by atoms with Crippen LogP contribution in [0.2, 0.25) is 0 Å². The van der Waals surface area contributed by atoms with Crippen LogP contribution in [-0.2, 0) is 16.1 Å². The fraction of sp³-hybridized carbons (Fsp3) is 0.348. The van der Waals surface area contributed by atoms with Gasteiger partial charge in [0.15, 0.2) is 0 Å². The Balaban J connectivity index is 1.74. The monoisotopic (exact) mass is 409 g/mol. The molecule has 1 saturated heterocycles. The lowest BCUT2D eigenvalue weighted by Gasteiger charge is -2.49. The molecule has 7 heteroatoms. The second-order valence-electron chi connectivity index (χ2n) is 7.65. The molecule has 2 heterocycles. The highest BCUT2D eigenvalue weighted by atomic mass is 19.1. The van der Waals surface area contributed by atoms with E-state index in [4.69, 9.17) is 0 Å². The summed E-state index contributed by atoms with van der Waals surface area (Å²) in [6.45, 7) is 2.35. The van der Waals surface area contributed by atoms with Crippen molar-refractivity contribution in [3.8, 4) is 0 Å². The molecule has 2 aliphatic heterocycles. The molecular formula is C23H24FN3O3. The molecule has 0 saturated carbocycles. The molecular weight excluding hydrogens is 385 g/mol. The number of amides is 3. The molecule has 2 aromatic rings. The van der Waals surface area contributed by atoms with Crippen molar-refractivity contribution in [1.29, 1.82) is 0 Å². The predicted octanol–water partition coefficient (Wildman–Crippen LogP) is 3.22. The zero-order valence-corrected chi connectivity index (χ0v) is 16.9. The minimum Gasteiger partial charge on any atom is -0.348 e. The van der Waals surface area contributed by atoms with E-state index in [1.165, 1.54) is 15.9 Å². The summed E-state index contributed by atoms with van der Waals surface area (Å²) in [7, 11) is 0. The van der Waals surface area contributed by atoms with Gasteiger partial charge in [0.1, 0.15) is 5.82 Å². The highest BCUT2D eigenvalue weighted by Gasteiger charge is 2.60. The van der Waals surface area contributed by atoms with Gasteiger partial charge < -0.3 is 10.2 Å². The van der Waals surface area contributed by atoms with E-state index in [1.54, 1.807) is 42.5 Å². The molecule has 0 aromatic heterocycles. The first-order valence-electron chi connectivity index (χ1n) is 10.3. The normalized spacial score (nSPS) is 20.2. The summed E-state index contributed by atoms with van der Waals surface area (Å²) in [6.07, 6.45) is 1.92. The van der Waals surface area contributed by atoms with Gasteiger partial charge in [0.25, 0.3) is 11.8 Å². The summed E-state index contributed by atoms with van der Waals surface area (Å²) in [5, 5.41) is 2.78. The average Bonchev–Trinajstić information content (AvgIpc) is 3.11. The van der Waals surface area contributed by atoms with Gasteiger partial charge in [-0.1, -0.05) is 43.7 Å². The summed E-state index contributed by atoms with van der Waals surface area (Å²) >= 11 is 0. The molecule has 1 N–H and O–H groups in total. The maximum atomic E-state index is 14.0. The third-order valence-corrected chi connectivity index (χ3v) is 5.87. The number of fused-ring (bicyclic) bond motifs is 3. The molecule has 0 unspecified atom stereocenters. The molecule has 0 spiro atoms. The van der Waals surface area contributed by atoms with Gasteiger partial charge in [-0.25, -0.2) is 4.39 Å². The summed E-state index contributed by atoms with van der Waals surface area (Å²) < 4.78 is 14.0. The Labute approximate surface area is 174 Å². The molecule has 1 fully saturated rings. The predicted molar refractivity (Wildman–Crippen MR) is 110 cm³/mol. The SMILES string of the molecule is CCCCN1C(=O)c2ccccc2N2C(=O)CC[C@@]12C(=O)NCc1ccccc1F. The first-order chi connectivity index (χ1) is 14.5. The summed E-state index contributed by atoms with van der Waals surface area (Å²) in [5.74, 6) is -1.33. The number of unbranched alkanes of at least 4 members (excludes halogenated alkanes) is 1. The van der Waals surface area contributed by atoms with Crippen LogP contribution in [0, 0.1) is 5.82 Å². The van der Waals surface area contributed by atoms with Crippen molar-refractivity contribution in [1.82, 2.24) is 10.2 Å². The van der Waals surface area contributed by atoms with E-state index in [-0.39, 0.29) is 31.2 Å². The quantitative estimate of drug-likeness (QED) is 0.797. The number of benzene rings is 2. The van der Waals surface area contributed by atoms with Gasteiger partial charge >= 0.3 is 0 Å². The van der Waals surface area contributed by atoms with Gasteiger partial charge in [0.2, 0.25) is 11.6 Å². The maximum absolute atomic E-state index is 14.0. The number of hydrogen-bond acceptors (Lipinski definition) is 3. The molecule has 1 atom stereocenters. The number of hydrogen-bond donors (Lipinski definition) is 1. The summed E-state index contributed by atoms with van der Waals surface area (Å²) in [6, 6.07) is 13.1. The number of nitrogens with one attached hydrogen (secondary N) is 1. The molecule has 30 heavy (non-hydrogen) atoms. The first-order valence-corrected chi connectivity index (χ1v) is 10.3. The molecule has 2 aliphatic rings. The Morgan fingerprint density at radius 2 is 1.87 bits per heavy atom. The highest BCUT2D eigenvalue weighted by Crippen LogP contribution is 2.44. The topological polar surface area (TPSA) is 69.7 Å². The van der Waals surface area contributed by atoms with E-state index in [9.17, 15) is 18.8 Å². The molecule has 3 amide bonds. The molecule has 4 rings (SSSR count). The van der Waals surface area contributed by atoms with Gasteiger partial charge in [-0.3, -0.25) is 19.3 Å². The molecule has 156 valence electrons. The van der Waals surface area contributed by atoms with Crippen LogP contribution in [0.25, 0.3) is 0 Å². The number of rotatable bonds is 6. The standard InChI is InChI=1S/C23H24FN3O3/c1-2-3-14-26-21(29)17-9-5-7-11-19(17)27-20(28)12-13-23(26,27)22(30)25-15-16-8-4-6-10-18(16)24/h4-11H,2-3,12-15H2,1H3,(H,25,30)/t23-/m1/s1. The van der Waals surface area contributed by atoms with Crippen molar-refractivity contribution in [2.45, 2.75) is 44.8 Å². The Hall–Kier alpha value is -3.22. The van der Waals surface area contributed by atoms with Crippen LogP contribution in [0.4, 0.5) is 10.1 Å². The van der Waals surface area contributed by atoms with E-state index < -0.39 is 17.4 Å². The van der Waals surface area contributed by atoms with Gasteiger partial charge in [-0.2, -0.15) is 0 Å². The lowest BCUT2D eigenvalue weighted by Crippen LogP contribution is -2.70. The fourth-order valence-corrected chi connectivity index (χ4v) is 4.36. The number of carbonyl (C=O) groups excluding carboxylic acids is 3. The van der Waals surface area contributed by atoms with Gasteiger partial charge in [0.05, 0.1) is 11.3 Å². The van der Waals surface area contributed by atoms with Crippen molar-refractivity contribution in [2.24, 2.45) is 0 Å². The van der Waals surface area contributed by atoms with Crippen LogP contribution in [-0.4, -0.2) is 34.8 Å². The number of halogens is 1. The van der Waals surface area contributed by atoms with Crippen molar-refractivity contribution in [3.63, 3.8) is 0 Å². The minimum absolute atomic E-state index is 0.0211. The van der Waals surface area contributed by atoms with E-state index in [1.807, 2.05) is 6.92 Å².